The second-order valence-corrected chi connectivity index (χ2v) is 21.2. The maximum Gasteiger partial charge on any atom is 0.306 e. The highest BCUT2D eigenvalue weighted by atomic mass is 16.7. The first-order valence-electron chi connectivity index (χ1n) is 29.8. The highest BCUT2D eigenvalue weighted by molar-refractivity contribution is 5.70. The number of rotatable bonds is 48. The van der Waals surface area contributed by atoms with Crippen LogP contribution in [0.4, 0.5) is 0 Å². The van der Waals surface area contributed by atoms with Crippen molar-refractivity contribution in [1.29, 1.82) is 0 Å². The van der Waals surface area contributed by atoms with E-state index in [0.29, 0.717) is 12.8 Å². The molecule has 0 aromatic carbocycles. The zero-order chi connectivity index (χ0) is 53.2. The van der Waals surface area contributed by atoms with Crippen molar-refractivity contribution in [2.75, 3.05) is 26.4 Å². The number of hydrogen-bond donors (Lipinski definition) is 7. The zero-order valence-electron chi connectivity index (χ0n) is 45.9. The predicted molar refractivity (Wildman–Crippen MR) is 285 cm³/mol. The van der Waals surface area contributed by atoms with Gasteiger partial charge in [0.15, 0.2) is 18.7 Å². The molecule has 0 aliphatic carbocycles. The number of aliphatic hydroxyl groups is 7. The largest absolute Gasteiger partial charge is 0.462 e. The molecule has 0 aromatic heterocycles. The number of esters is 2. The minimum Gasteiger partial charge on any atom is -0.462 e. The van der Waals surface area contributed by atoms with Crippen molar-refractivity contribution in [1.82, 2.24) is 0 Å². The SMILES string of the molecule is CCCCCCC/C=C/CCCCCCCC(=O)O[C@@H](COC(=O)CCCCCCCCCCCCCCCCCCCCCCCCC)CO[C@@H]1O[C@H](CO[C@@H]2O[C@H](CO)[C@H](O)C(O)C2O)[C@H](O)C(O)C1O. The Balaban J connectivity index is 1.71. The van der Waals surface area contributed by atoms with E-state index in [1.165, 1.54) is 154 Å². The van der Waals surface area contributed by atoms with Crippen LogP contribution in [-0.2, 0) is 38.0 Å². The van der Waals surface area contributed by atoms with Crippen LogP contribution in [0, 0.1) is 0 Å². The van der Waals surface area contributed by atoms with E-state index in [1.54, 1.807) is 0 Å². The summed E-state index contributed by atoms with van der Waals surface area (Å²) in [7, 11) is 0. The number of hydrogen-bond acceptors (Lipinski definition) is 15. The fourth-order valence-electron chi connectivity index (χ4n) is 9.63. The molecule has 15 nitrogen and oxygen atoms in total. The number of allylic oxidation sites excluding steroid dienone is 2. The molecule has 2 heterocycles. The van der Waals surface area contributed by atoms with Crippen LogP contribution in [0.5, 0.6) is 0 Å². The molecule has 0 amide bonds. The first kappa shape index (κ1) is 67.3. The molecule has 0 bridgehead atoms. The summed E-state index contributed by atoms with van der Waals surface area (Å²) in [5.41, 5.74) is 0. The van der Waals surface area contributed by atoms with Crippen molar-refractivity contribution in [3.05, 3.63) is 12.2 Å². The van der Waals surface area contributed by atoms with Gasteiger partial charge in [-0.3, -0.25) is 9.59 Å². The number of carbonyl (C=O) groups is 2. The van der Waals surface area contributed by atoms with Gasteiger partial charge in [0.25, 0.3) is 0 Å². The maximum atomic E-state index is 13.0. The Morgan fingerprint density at radius 2 is 0.781 bits per heavy atom. The van der Waals surface area contributed by atoms with E-state index in [1.807, 2.05) is 0 Å². The first-order chi connectivity index (χ1) is 35.5. The lowest BCUT2D eigenvalue weighted by Crippen LogP contribution is -2.61. The number of aliphatic hydroxyl groups excluding tert-OH is 7. The molecule has 73 heavy (non-hydrogen) atoms. The molecule has 430 valence electrons. The number of carbonyl (C=O) groups excluding carboxylic acids is 2. The quantitative estimate of drug-likeness (QED) is 0.0171. The second-order valence-electron chi connectivity index (χ2n) is 21.2. The fourth-order valence-corrected chi connectivity index (χ4v) is 9.63. The van der Waals surface area contributed by atoms with Crippen molar-refractivity contribution in [3.8, 4) is 0 Å². The summed E-state index contributed by atoms with van der Waals surface area (Å²) in [6.07, 6.45) is 31.0. The van der Waals surface area contributed by atoms with E-state index in [-0.39, 0.29) is 26.1 Å². The zero-order valence-corrected chi connectivity index (χ0v) is 45.9. The summed E-state index contributed by atoms with van der Waals surface area (Å²) in [6, 6.07) is 0. The number of ether oxygens (including phenoxy) is 6. The summed E-state index contributed by atoms with van der Waals surface area (Å²) in [5.74, 6) is -0.919. The molecule has 2 aliphatic rings. The smallest absolute Gasteiger partial charge is 0.306 e. The van der Waals surface area contributed by atoms with Crippen molar-refractivity contribution in [2.24, 2.45) is 0 Å². The summed E-state index contributed by atoms with van der Waals surface area (Å²) in [4.78, 5) is 25.9. The summed E-state index contributed by atoms with van der Waals surface area (Å²) < 4.78 is 33.7. The van der Waals surface area contributed by atoms with Crippen LogP contribution in [0.15, 0.2) is 12.2 Å². The van der Waals surface area contributed by atoms with Crippen LogP contribution in [0.1, 0.15) is 251 Å². The highest BCUT2D eigenvalue weighted by Gasteiger charge is 2.47. The molecule has 15 heteroatoms. The first-order valence-corrected chi connectivity index (χ1v) is 29.8. The van der Waals surface area contributed by atoms with Crippen molar-refractivity contribution < 1.29 is 73.8 Å². The van der Waals surface area contributed by atoms with Crippen molar-refractivity contribution >= 4 is 11.9 Å². The lowest BCUT2D eigenvalue weighted by Gasteiger charge is -2.42. The molecular weight excluding hydrogens is 937 g/mol. The Hall–Kier alpha value is -1.76. The molecule has 2 rings (SSSR count). The van der Waals surface area contributed by atoms with Crippen LogP contribution >= 0.6 is 0 Å². The van der Waals surface area contributed by atoms with Gasteiger partial charge in [0.2, 0.25) is 0 Å². The van der Waals surface area contributed by atoms with Gasteiger partial charge in [-0.05, 0) is 38.5 Å². The standard InChI is InChI=1S/C58H108O15/c1-3-5-7-9-11-13-15-17-19-20-21-22-23-24-25-26-27-29-30-32-34-36-38-40-49(60)68-43-46(71-50(61)41-39-37-35-33-31-28-18-16-14-12-10-8-6-4-2)44-69-57-56(67)54(65)52(63)48(73-57)45-70-58-55(66)53(64)51(62)47(42-59)72-58/h16,18,46-48,51-59,62-67H,3-15,17,19-45H2,1-2H3/b18-16+/t46-,47+,48+,51-,52-,53?,54?,55?,56?,57+,58+/m0/s1. The van der Waals surface area contributed by atoms with E-state index in [0.717, 1.165) is 57.8 Å². The molecular formula is C58H108O15. The van der Waals surface area contributed by atoms with E-state index in [2.05, 4.69) is 26.0 Å². The van der Waals surface area contributed by atoms with E-state index in [9.17, 15) is 45.3 Å². The summed E-state index contributed by atoms with van der Waals surface area (Å²) in [5, 5.41) is 72.2. The van der Waals surface area contributed by atoms with Gasteiger partial charge in [-0.1, -0.05) is 212 Å². The lowest BCUT2D eigenvalue weighted by atomic mass is 9.98. The van der Waals surface area contributed by atoms with Gasteiger partial charge in [-0.2, -0.15) is 0 Å². The Labute approximate surface area is 441 Å². The number of unbranched alkanes of at least 4 members (excludes halogenated alkanes) is 32. The molecule has 0 aromatic rings. The normalized spacial score (nSPS) is 24.8. The Bertz CT molecular complexity index is 1320. The molecule has 2 aliphatic heterocycles. The third-order valence-corrected chi connectivity index (χ3v) is 14.5. The average Bonchev–Trinajstić information content (AvgIpc) is 3.38. The van der Waals surface area contributed by atoms with E-state index >= 15 is 0 Å². The minimum atomic E-state index is -1.76. The third kappa shape index (κ3) is 32.6. The van der Waals surface area contributed by atoms with Crippen molar-refractivity contribution in [3.63, 3.8) is 0 Å². The average molecular weight is 1050 g/mol. The topological polar surface area (TPSA) is 231 Å². The van der Waals surface area contributed by atoms with Crippen LogP contribution < -0.4 is 0 Å². The van der Waals surface area contributed by atoms with Gasteiger partial charge in [0.05, 0.1) is 19.8 Å². The van der Waals surface area contributed by atoms with Gasteiger partial charge in [0, 0.05) is 12.8 Å². The van der Waals surface area contributed by atoms with Gasteiger partial charge >= 0.3 is 11.9 Å². The molecule has 11 atom stereocenters. The Morgan fingerprint density at radius 1 is 0.425 bits per heavy atom. The maximum absolute atomic E-state index is 13.0. The van der Waals surface area contributed by atoms with Gasteiger partial charge in [-0.25, -0.2) is 0 Å². The molecule has 0 radical (unpaired) electrons. The van der Waals surface area contributed by atoms with Gasteiger partial charge < -0.3 is 64.2 Å². The van der Waals surface area contributed by atoms with Crippen LogP contribution in [0.3, 0.4) is 0 Å². The minimum absolute atomic E-state index is 0.159. The van der Waals surface area contributed by atoms with Gasteiger partial charge in [0.1, 0.15) is 55.4 Å². The molecule has 0 spiro atoms. The van der Waals surface area contributed by atoms with Crippen LogP contribution in [0.25, 0.3) is 0 Å². The highest BCUT2D eigenvalue weighted by Crippen LogP contribution is 2.27. The lowest BCUT2D eigenvalue weighted by molar-refractivity contribution is -0.332. The summed E-state index contributed by atoms with van der Waals surface area (Å²) >= 11 is 0. The Morgan fingerprint density at radius 3 is 1.21 bits per heavy atom. The van der Waals surface area contributed by atoms with E-state index < -0.39 is 92.7 Å². The van der Waals surface area contributed by atoms with E-state index in [4.69, 9.17) is 28.4 Å². The predicted octanol–water partition coefficient (Wildman–Crippen LogP) is 10.1. The molecule has 4 unspecified atom stereocenters. The van der Waals surface area contributed by atoms with Crippen LogP contribution in [-0.4, -0.2) is 142 Å². The molecule has 2 fully saturated rings. The monoisotopic (exact) mass is 1040 g/mol. The summed E-state index contributed by atoms with van der Waals surface area (Å²) in [6.45, 7) is 2.62. The Kier molecular flexibility index (Phi) is 41.8. The fraction of sp³-hybridized carbons (Fsp3) is 0.931. The van der Waals surface area contributed by atoms with Gasteiger partial charge in [-0.15, -0.1) is 0 Å². The van der Waals surface area contributed by atoms with Crippen molar-refractivity contribution in [2.45, 2.75) is 319 Å². The molecule has 7 N–H and O–H groups in total. The molecule has 0 saturated carbocycles. The third-order valence-electron chi connectivity index (χ3n) is 14.5. The molecule has 2 saturated heterocycles. The van der Waals surface area contributed by atoms with Crippen LogP contribution in [0.2, 0.25) is 0 Å². The second kappa shape index (κ2) is 45.3.